The molecule has 6 nitrogen and oxygen atoms in total. The first kappa shape index (κ1) is 17.3. The summed E-state index contributed by atoms with van der Waals surface area (Å²) >= 11 is 0. The van der Waals surface area contributed by atoms with Crippen LogP contribution in [-0.4, -0.2) is 45.3 Å². The van der Waals surface area contributed by atoms with Gasteiger partial charge in [-0.05, 0) is 27.2 Å². The SMILES string of the molecule is CCCNC(=O)C(C)NCC(C)(C)NS(C)(=O)=O. The van der Waals surface area contributed by atoms with Crippen LogP contribution in [-0.2, 0) is 14.8 Å². The third-order valence-corrected chi connectivity index (χ3v) is 3.18. The highest BCUT2D eigenvalue weighted by molar-refractivity contribution is 7.88. The van der Waals surface area contributed by atoms with Crippen molar-refractivity contribution >= 4 is 15.9 Å². The molecule has 0 radical (unpaired) electrons. The van der Waals surface area contributed by atoms with Crippen molar-refractivity contribution in [3.63, 3.8) is 0 Å². The van der Waals surface area contributed by atoms with Crippen LogP contribution in [0.2, 0.25) is 0 Å². The first-order valence-corrected chi connectivity index (χ1v) is 7.96. The summed E-state index contributed by atoms with van der Waals surface area (Å²) in [6.07, 6.45) is 2.01. The molecule has 1 atom stereocenters. The number of rotatable bonds is 8. The first-order chi connectivity index (χ1) is 8.07. The molecule has 0 rings (SSSR count). The summed E-state index contributed by atoms with van der Waals surface area (Å²) < 4.78 is 24.8. The molecule has 0 bridgehead atoms. The Bertz CT molecular complexity index is 366. The fourth-order valence-corrected chi connectivity index (χ4v) is 2.52. The molecule has 18 heavy (non-hydrogen) atoms. The summed E-state index contributed by atoms with van der Waals surface area (Å²) in [5.74, 6) is -0.0768. The van der Waals surface area contributed by atoms with E-state index in [1.807, 2.05) is 6.92 Å². The smallest absolute Gasteiger partial charge is 0.236 e. The van der Waals surface area contributed by atoms with Crippen molar-refractivity contribution < 1.29 is 13.2 Å². The van der Waals surface area contributed by atoms with Gasteiger partial charge < -0.3 is 10.6 Å². The van der Waals surface area contributed by atoms with E-state index in [2.05, 4.69) is 15.4 Å². The van der Waals surface area contributed by atoms with Crippen molar-refractivity contribution in [2.75, 3.05) is 19.3 Å². The van der Waals surface area contributed by atoms with Crippen LogP contribution in [0.3, 0.4) is 0 Å². The van der Waals surface area contributed by atoms with E-state index in [4.69, 9.17) is 0 Å². The molecule has 0 fully saturated rings. The second-order valence-electron chi connectivity index (χ2n) is 5.15. The fourth-order valence-electron chi connectivity index (χ4n) is 1.44. The molecule has 1 unspecified atom stereocenters. The van der Waals surface area contributed by atoms with Crippen molar-refractivity contribution in [1.82, 2.24) is 15.4 Å². The normalized spacial score (nSPS) is 14.3. The number of hydrogen-bond acceptors (Lipinski definition) is 4. The average Bonchev–Trinajstić information content (AvgIpc) is 2.19. The summed E-state index contributed by atoms with van der Waals surface area (Å²) in [5, 5.41) is 5.79. The van der Waals surface area contributed by atoms with Gasteiger partial charge >= 0.3 is 0 Å². The number of carbonyl (C=O) groups excluding carboxylic acids is 1. The lowest BCUT2D eigenvalue weighted by atomic mass is 10.1. The van der Waals surface area contributed by atoms with Crippen LogP contribution in [0.4, 0.5) is 0 Å². The third kappa shape index (κ3) is 8.43. The second kappa shape index (κ2) is 7.06. The molecule has 7 heteroatoms. The van der Waals surface area contributed by atoms with Crippen molar-refractivity contribution in [3.05, 3.63) is 0 Å². The Kier molecular flexibility index (Phi) is 6.80. The molecule has 0 aliphatic rings. The summed E-state index contributed by atoms with van der Waals surface area (Å²) in [6.45, 7) is 8.28. The molecule has 0 aliphatic carbocycles. The summed E-state index contributed by atoms with van der Waals surface area (Å²) in [5.41, 5.74) is -0.632. The zero-order chi connectivity index (χ0) is 14.4. The Labute approximate surface area is 110 Å². The molecule has 0 aromatic rings. The topological polar surface area (TPSA) is 87.3 Å². The van der Waals surface area contributed by atoms with Crippen LogP contribution in [0.1, 0.15) is 34.1 Å². The molecule has 0 spiro atoms. The van der Waals surface area contributed by atoms with Gasteiger partial charge in [0, 0.05) is 18.6 Å². The van der Waals surface area contributed by atoms with Gasteiger partial charge in [0.25, 0.3) is 0 Å². The fraction of sp³-hybridized carbons (Fsp3) is 0.909. The van der Waals surface area contributed by atoms with E-state index in [0.717, 1.165) is 12.7 Å². The van der Waals surface area contributed by atoms with Crippen LogP contribution in [0, 0.1) is 0 Å². The van der Waals surface area contributed by atoms with Gasteiger partial charge in [0.1, 0.15) is 0 Å². The van der Waals surface area contributed by atoms with E-state index >= 15 is 0 Å². The lowest BCUT2D eigenvalue weighted by Crippen LogP contribution is -2.53. The lowest BCUT2D eigenvalue weighted by molar-refractivity contribution is -0.122. The molecule has 0 saturated heterocycles. The van der Waals surface area contributed by atoms with E-state index in [9.17, 15) is 13.2 Å². The number of amides is 1. The van der Waals surface area contributed by atoms with Gasteiger partial charge in [0.15, 0.2) is 0 Å². The first-order valence-electron chi connectivity index (χ1n) is 6.07. The molecular weight excluding hydrogens is 254 g/mol. The predicted molar refractivity (Wildman–Crippen MR) is 72.8 cm³/mol. The highest BCUT2D eigenvalue weighted by Gasteiger charge is 2.23. The van der Waals surface area contributed by atoms with E-state index in [1.165, 1.54) is 0 Å². The largest absolute Gasteiger partial charge is 0.355 e. The predicted octanol–water partition coefficient (Wildman–Crippen LogP) is -0.181. The highest BCUT2D eigenvalue weighted by Crippen LogP contribution is 2.02. The van der Waals surface area contributed by atoms with Crippen LogP contribution in [0.5, 0.6) is 0 Å². The van der Waals surface area contributed by atoms with Gasteiger partial charge in [-0.3, -0.25) is 4.79 Å². The van der Waals surface area contributed by atoms with Gasteiger partial charge in [0.05, 0.1) is 12.3 Å². The summed E-state index contributed by atoms with van der Waals surface area (Å²) in [4.78, 5) is 11.6. The van der Waals surface area contributed by atoms with Crippen LogP contribution in [0.15, 0.2) is 0 Å². The molecule has 0 aromatic carbocycles. The number of nitrogens with one attached hydrogen (secondary N) is 3. The maximum absolute atomic E-state index is 11.6. The van der Waals surface area contributed by atoms with Crippen molar-refractivity contribution in [2.45, 2.75) is 45.7 Å². The minimum atomic E-state index is -3.25. The Balaban J connectivity index is 4.18. The average molecular weight is 279 g/mol. The van der Waals surface area contributed by atoms with E-state index in [-0.39, 0.29) is 11.9 Å². The number of sulfonamides is 1. The quantitative estimate of drug-likeness (QED) is 0.575. The van der Waals surface area contributed by atoms with Gasteiger partial charge in [-0.15, -0.1) is 0 Å². The molecular formula is C11H25N3O3S. The molecule has 3 N–H and O–H groups in total. The van der Waals surface area contributed by atoms with Crippen molar-refractivity contribution in [2.24, 2.45) is 0 Å². The summed E-state index contributed by atoms with van der Waals surface area (Å²) in [7, 11) is -3.25. The lowest BCUT2D eigenvalue weighted by Gasteiger charge is -2.27. The third-order valence-electron chi connectivity index (χ3n) is 2.25. The minimum Gasteiger partial charge on any atom is -0.355 e. The summed E-state index contributed by atoms with van der Waals surface area (Å²) in [6, 6.07) is -0.350. The van der Waals surface area contributed by atoms with Gasteiger partial charge in [0.2, 0.25) is 15.9 Å². The maximum atomic E-state index is 11.6. The number of carbonyl (C=O) groups is 1. The number of hydrogen-bond donors (Lipinski definition) is 3. The van der Waals surface area contributed by atoms with E-state index in [1.54, 1.807) is 20.8 Å². The monoisotopic (exact) mass is 279 g/mol. The Morgan fingerprint density at radius 2 is 1.89 bits per heavy atom. The van der Waals surface area contributed by atoms with Gasteiger partial charge in [-0.2, -0.15) is 0 Å². The zero-order valence-corrected chi connectivity index (χ0v) is 12.6. The molecule has 0 heterocycles. The van der Waals surface area contributed by atoms with Gasteiger partial charge in [-0.1, -0.05) is 6.92 Å². The van der Waals surface area contributed by atoms with Crippen molar-refractivity contribution in [3.8, 4) is 0 Å². The minimum absolute atomic E-state index is 0.0768. The zero-order valence-electron chi connectivity index (χ0n) is 11.8. The molecule has 1 amide bonds. The van der Waals surface area contributed by atoms with E-state index in [0.29, 0.717) is 13.1 Å². The van der Waals surface area contributed by atoms with E-state index < -0.39 is 15.6 Å². The van der Waals surface area contributed by atoms with Crippen molar-refractivity contribution in [1.29, 1.82) is 0 Å². The Morgan fingerprint density at radius 3 is 2.33 bits per heavy atom. The standard InChI is InChI=1S/C11H25N3O3S/c1-6-7-12-10(15)9(2)13-8-11(3,4)14-18(5,16)17/h9,13-14H,6-8H2,1-5H3,(H,12,15). The Hall–Kier alpha value is -0.660. The maximum Gasteiger partial charge on any atom is 0.236 e. The molecule has 0 saturated carbocycles. The second-order valence-corrected chi connectivity index (χ2v) is 6.90. The van der Waals surface area contributed by atoms with Gasteiger partial charge in [-0.25, -0.2) is 13.1 Å². The van der Waals surface area contributed by atoms with Crippen LogP contribution < -0.4 is 15.4 Å². The molecule has 0 aromatic heterocycles. The van der Waals surface area contributed by atoms with Crippen LogP contribution >= 0.6 is 0 Å². The van der Waals surface area contributed by atoms with Crippen LogP contribution in [0.25, 0.3) is 0 Å². The molecule has 108 valence electrons. The Morgan fingerprint density at radius 1 is 1.33 bits per heavy atom. The highest BCUT2D eigenvalue weighted by atomic mass is 32.2. The molecule has 0 aliphatic heterocycles.